The molecule has 2 rings (SSSR count). The average Bonchev–Trinajstić information content (AvgIpc) is 2.59. The smallest absolute Gasteiger partial charge is 0.335 e. The second-order valence-corrected chi connectivity index (χ2v) is 5.76. The SMILES string of the molecule is Cc1ccccc1CCN(C)C(=O)NCc1ccc(C(=O)O)cc1. The zero-order chi connectivity index (χ0) is 17.5. The lowest BCUT2D eigenvalue weighted by molar-refractivity contribution is 0.0697. The number of likely N-dealkylation sites (N-methyl/N-ethyl adjacent to an activating group) is 1. The standard InChI is InChI=1S/C19H22N2O3/c1-14-5-3-4-6-16(14)11-12-21(2)19(24)20-13-15-7-9-17(10-8-15)18(22)23/h3-10H,11-13H2,1-2H3,(H,20,24)(H,22,23). The van der Waals surface area contributed by atoms with Crippen molar-refractivity contribution in [2.75, 3.05) is 13.6 Å². The van der Waals surface area contributed by atoms with E-state index < -0.39 is 5.97 Å². The predicted molar refractivity (Wildman–Crippen MR) is 93.2 cm³/mol. The number of hydrogen-bond acceptors (Lipinski definition) is 2. The van der Waals surface area contributed by atoms with Crippen LogP contribution < -0.4 is 5.32 Å². The van der Waals surface area contributed by atoms with Crippen LogP contribution in [0.5, 0.6) is 0 Å². The summed E-state index contributed by atoms with van der Waals surface area (Å²) in [5, 5.41) is 11.7. The van der Waals surface area contributed by atoms with Gasteiger partial charge in [-0.3, -0.25) is 0 Å². The van der Waals surface area contributed by atoms with Crippen molar-refractivity contribution in [1.82, 2.24) is 10.2 Å². The third kappa shape index (κ3) is 4.84. The molecular weight excluding hydrogens is 304 g/mol. The largest absolute Gasteiger partial charge is 0.478 e. The first kappa shape index (κ1) is 17.5. The molecule has 0 saturated heterocycles. The Hall–Kier alpha value is -2.82. The molecule has 2 aromatic carbocycles. The molecule has 24 heavy (non-hydrogen) atoms. The Morgan fingerprint density at radius 1 is 1.08 bits per heavy atom. The first-order chi connectivity index (χ1) is 11.5. The van der Waals surface area contributed by atoms with Crippen molar-refractivity contribution in [2.45, 2.75) is 19.9 Å². The van der Waals surface area contributed by atoms with E-state index in [9.17, 15) is 9.59 Å². The first-order valence-corrected chi connectivity index (χ1v) is 7.83. The zero-order valence-corrected chi connectivity index (χ0v) is 14.0. The van der Waals surface area contributed by atoms with Gasteiger partial charge < -0.3 is 15.3 Å². The van der Waals surface area contributed by atoms with Crippen LogP contribution in [0.25, 0.3) is 0 Å². The topological polar surface area (TPSA) is 69.6 Å². The number of carbonyl (C=O) groups is 2. The molecule has 0 bridgehead atoms. The number of hydrogen-bond donors (Lipinski definition) is 2. The van der Waals surface area contributed by atoms with Gasteiger partial charge in [0.1, 0.15) is 0 Å². The highest BCUT2D eigenvalue weighted by Crippen LogP contribution is 2.08. The van der Waals surface area contributed by atoms with Gasteiger partial charge in [-0.05, 0) is 42.2 Å². The molecule has 0 aliphatic carbocycles. The Morgan fingerprint density at radius 3 is 2.38 bits per heavy atom. The molecule has 0 spiro atoms. The Morgan fingerprint density at radius 2 is 1.75 bits per heavy atom. The molecule has 0 aliphatic heterocycles. The number of nitrogens with zero attached hydrogens (tertiary/aromatic N) is 1. The summed E-state index contributed by atoms with van der Waals surface area (Å²) in [5.41, 5.74) is 3.56. The highest BCUT2D eigenvalue weighted by atomic mass is 16.4. The lowest BCUT2D eigenvalue weighted by Gasteiger charge is -2.18. The Labute approximate surface area is 141 Å². The number of carboxylic acid groups (broad SMARTS) is 1. The van der Waals surface area contributed by atoms with E-state index in [2.05, 4.69) is 24.4 Å². The molecular formula is C19H22N2O3. The number of rotatable bonds is 6. The predicted octanol–water partition coefficient (Wildman–Crippen LogP) is 3.08. The number of carboxylic acids is 1. The Balaban J connectivity index is 1.81. The minimum absolute atomic E-state index is 0.147. The first-order valence-electron chi connectivity index (χ1n) is 7.83. The molecule has 126 valence electrons. The zero-order valence-electron chi connectivity index (χ0n) is 14.0. The highest BCUT2D eigenvalue weighted by Gasteiger charge is 2.09. The van der Waals surface area contributed by atoms with Gasteiger partial charge in [0, 0.05) is 20.1 Å². The quantitative estimate of drug-likeness (QED) is 0.857. The van der Waals surface area contributed by atoms with Crippen molar-refractivity contribution < 1.29 is 14.7 Å². The van der Waals surface area contributed by atoms with Crippen molar-refractivity contribution >= 4 is 12.0 Å². The monoisotopic (exact) mass is 326 g/mol. The van der Waals surface area contributed by atoms with Gasteiger partial charge in [0.2, 0.25) is 0 Å². The van der Waals surface area contributed by atoms with E-state index in [-0.39, 0.29) is 11.6 Å². The summed E-state index contributed by atoms with van der Waals surface area (Å²) in [6.07, 6.45) is 0.809. The summed E-state index contributed by atoms with van der Waals surface area (Å²) in [7, 11) is 1.77. The summed E-state index contributed by atoms with van der Waals surface area (Å²) in [6, 6.07) is 14.5. The van der Waals surface area contributed by atoms with E-state index in [0.29, 0.717) is 13.1 Å². The Kier molecular flexibility index (Phi) is 5.95. The number of benzene rings is 2. The van der Waals surface area contributed by atoms with Crippen LogP contribution in [0.3, 0.4) is 0 Å². The van der Waals surface area contributed by atoms with E-state index in [1.165, 1.54) is 23.3 Å². The van der Waals surface area contributed by atoms with Crippen LogP contribution in [-0.4, -0.2) is 35.6 Å². The molecule has 2 N–H and O–H groups in total. The summed E-state index contributed by atoms with van der Waals surface area (Å²) < 4.78 is 0. The lowest BCUT2D eigenvalue weighted by Crippen LogP contribution is -2.38. The normalized spacial score (nSPS) is 10.2. The maximum Gasteiger partial charge on any atom is 0.335 e. The summed E-state index contributed by atoms with van der Waals surface area (Å²) in [6.45, 7) is 3.07. The summed E-state index contributed by atoms with van der Waals surface area (Å²) in [4.78, 5) is 24.6. The number of nitrogens with one attached hydrogen (secondary N) is 1. The van der Waals surface area contributed by atoms with Crippen molar-refractivity contribution in [3.8, 4) is 0 Å². The van der Waals surface area contributed by atoms with Gasteiger partial charge in [-0.2, -0.15) is 0 Å². The number of urea groups is 1. The number of aryl methyl sites for hydroxylation is 1. The van der Waals surface area contributed by atoms with Crippen LogP contribution in [-0.2, 0) is 13.0 Å². The van der Waals surface area contributed by atoms with Crippen LogP contribution in [0, 0.1) is 6.92 Å². The van der Waals surface area contributed by atoms with Crippen LogP contribution in [0.1, 0.15) is 27.0 Å². The number of amides is 2. The average molecular weight is 326 g/mol. The molecule has 0 heterocycles. The van der Waals surface area contributed by atoms with Crippen molar-refractivity contribution in [3.63, 3.8) is 0 Å². The van der Waals surface area contributed by atoms with Gasteiger partial charge >= 0.3 is 12.0 Å². The maximum atomic E-state index is 12.1. The van der Waals surface area contributed by atoms with Gasteiger partial charge in [0.25, 0.3) is 0 Å². The number of aromatic carboxylic acids is 1. The molecule has 5 nitrogen and oxygen atoms in total. The fourth-order valence-electron chi connectivity index (χ4n) is 2.36. The molecule has 5 heteroatoms. The van der Waals surface area contributed by atoms with Crippen molar-refractivity contribution in [3.05, 3.63) is 70.8 Å². The highest BCUT2D eigenvalue weighted by molar-refractivity contribution is 5.87. The minimum atomic E-state index is -0.957. The molecule has 0 unspecified atom stereocenters. The van der Waals surface area contributed by atoms with Crippen LogP contribution in [0.4, 0.5) is 4.79 Å². The van der Waals surface area contributed by atoms with Crippen LogP contribution in [0.2, 0.25) is 0 Å². The van der Waals surface area contributed by atoms with Crippen LogP contribution in [0.15, 0.2) is 48.5 Å². The molecule has 0 radical (unpaired) electrons. The summed E-state index contributed by atoms with van der Waals surface area (Å²) >= 11 is 0. The Bertz CT molecular complexity index is 711. The molecule has 0 aliphatic rings. The fourth-order valence-corrected chi connectivity index (χ4v) is 2.36. The molecule has 0 aromatic heterocycles. The third-order valence-corrected chi connectivity index (χ3v) is 3.97. The van der Waals surface area contributed by atoms with Gasteiger partial charge in [-0.25, -0.2) is 9.59 Å². The van der Waals surface area contributed by atoms with E-state index in [1.54, 1.807) is 24.1 Å². The van der Waals surface area contributed by atoms with E-state index in [0.717, 1.165) is 12.0 Å². The van der Waals surface area contributed by atoms with Crippen LogP contribution >= 0.6 is 0 Å². The fraction of sp³-hybridized carbons (Fsp3) is 0.263. The van der Waals surface area contributed by atoms with Gasteiger partial charge in [-0.15, -0.1) is 0 Å². The van der Waals surface area contributed by atoms with E-state index >= 15 is 0 Å². The molecule has 0 atom stereocenters. The van der Waals surface area contributed by atoms with Gasteiger partial charge in [0.15, 0.2) is 0 Å². The summed E-state index contributed by atoms with van der Waals surface area (Å²) in [5.74, 6) is -0.957. The van der Waals surface area contributed by atoms with Gasteiger partial charge in [0.05, 0.1) is 5.56 Å². The van der Waals surface area contributed by atoms with E-state index in [1.807, 2.05) is 12.1 Å². The van der Waals surface area contributed by atoms with Crippen molar-refractivity contribution in [1.29, 1.82) is 0 Å². The molecule has 2 aromatic rings. The second-order valence-electron chi connectivity index (χ2n) is 5.76. The van der Waals surface area contributed by atoms with Crippen molar-refractivity contribution in [2.24, 2.45) is 0 Å². The molecule has 0 fully saturated rings. The van der Waals surface area contributed by atoms with Gasteiger partial charge in [-0.1, -0.05) is 36.4 Å². The lowest BCUT2D eigenvalue weighted by atomic mass is 10.1. The molecule has 2 amide bonds. The minimum Gasteiger partial charge on any atom is -0.478 e. The third-order valence-electron chi connectivity index (χ3n) is 3.97. The second kappa shape index (κ2) is 8.15. The van der Waals surface area contributed by atoms with E-state index in [4.69, 9.17) is 5.11 Å². The molecule has 0 saturated carbocycles. The maximum absolute atomic E-state index is 12.1. The number of carbonyl (C=O) groups excluding carboxylic acids is 1.